The maximum absolute atomic E-state index is 9.82. The third-order valence-corrected chi connectivity index (χ3v) is 3.51. The topological polar surface area (TPSA) is 25.2 Å². The number of rotatable bonds is 3. The number of hydrogen-bond donors (Lipinski definition) is 1. The Morgan fingerprint density at radius 1 is 1.35 bits per heavy atom. The Kier molecular flexibility index (Phi) is 3.67. The number of aromatic nitrogens is 1. The molecule has 2 nitrogen and oxygen atoms in total. The van der Waals surface area contributed by atoms with Crippen molar-refractivity contribution >= 4 is 34.1 Å². The third-order valence-electron chi connectivity index (χ3n) is 2.86. The van der Waals surface area contributed by atoms with E-state index in [-0.39, 0.29) is 0 Å². The number of aryl methyl sites for hydroxylation is 1. The number of benzene rings is 1. The van der Waals surface area contributed by atoms with Gasteiger partial charge in [0, 0.05) is 22.5 Å². The zero-order chi connectivity index (χ0) is 12.6. The normalized spacial score (nSPS) is 13.2. The molecule has 17 heavy (non-hydrogen) atoms. The molecule has 0 saturated heterocycles. The van der Waals surface area contributed by atoms with E-state index in [0.717, 1.165) is 29.4 Å². The summed E-state index contributed by atoms with van der Waals surface area (Å²) in [5.41, 5.74) is 1.77. The lowest BCUT2D eigenvalue weighted by Gasteiger charge is -2.06. The zero-order valence-corrected chi connectivity index (χ0v) is 11.4. The largest absolute Gasteiger partial charge is 0.389 e. The average molecular weight is 272 g/mol. The van der Waals surface area contributed by atoms with Crippen molar-refractivity contribution in [2.24, 2.45) is 0 Å². The van der Waals surface area contributed by atoms with E-state index < -0.39 is 6.10 Å². The van der Waals surface area contributed by atoms with Crippen molar-refractivity contribution in [3.8, 4) is 0 Å². The molecule has 1 unspecified atom stereocenters. The van der Waals surface area contributed by atoms with Crippen LogP contribution in [0.15, 0.2) is 18.2 Å². The molecule has 0 radical (unpaired) electrons. The van der Waals surface area contributed by atoms with E-state index in [2.05, 4.69) is 6.92 Å². The lowest BCUT2D eigenvalue weighted by Crippen LogP contribution is -1.97. The number of halogens is 2. The summed E-state index contributed by atoms with van der Waals surface area (Å²) in [6.45, 7) is 4.64. The van der Waals surface area contributed by atoms with E-state index in [0.29, 0.717) is 10.2 Å². The van der Waals surface area contributed by atoms with Gasteiger partial charge in [0.05, 0.1) is 11.6 Å². The van der Waals surface area contributed by atoms with Crippen LogP contribution >= 0.6 is 23.2 Å². The summed E-state index contributed by atoms with van der Waals surface area (Å²) >= 11 is 12.4. The zero-order valence-electron chi connectivity index (χ0n) is 9.87. The van der Waals surface area contributed by atoms with E-state index in [4.69, 9.17) is 23.2 Å². The predicted molar refractivity (Wildman–Crippen MR) is 72.9 cm³/mol. The fourth-order valence-corrected chi connectivity index (χ4v) is 2.76. The SMILES string of the molecule is CCCn1c(Cl)c(C(C)O)c2ccc(Cl)cc21. The van der Waals surface area contributed by atoms with Crippen LogP contribution in [0.2, 0.25) is 10.2 Å². The summed E-state index contributed by atoms with van der Waals surface area (Å²) in [6, 6.07) is 5.63. The van der Waals surface area contributed by atoms with Gasteiger partial charge < -0.3 is 9.67 Å². The first kappa shape index (κ1) is 12.7. The second-order valence-electron chi connectivity index (χ2n) is 4.19. The first-order valence-electron chi connectivity index (χ1n) is 5.71. The highest BCUT2D eigenvalue weighted by atomic mass is 35.5. The quantitative estimate of drug-likeness (QED) is 0.879. The van der Waals surface area contributed by atoms with Gasteiger partial charge in [0.25, 0.3) is 0 Å². The highest BCUT2D eigenvalue weighted by Crippen LogP contribution is 2.35. The maximum atomic E-state index is 9.82. The first-order valence-corrected chi connectivity index (χ1v) is 6.47. The molecule has 0 fully saturated rings. The van der Waals surface area contributed by atoms with Crippen LogP contribution in [-0.2, 0) is 6.54 Å². The van der Waals surface area contributed by atoms with E-state index >= 15 is 0 Å². The van der Waals surface area contributed by atoms with Crippen molar-refractivity contribution < 1.29 is 5.11 Å². The number of hydrogen-bond acceptors (Lipinski definition) is 1. The van der Waals surface area contributed by atoms with Crippen LogP contribution in [-0.4, -0.2) is 9.67 Å². The molecule has 1 N–H and O–H groups in total. The van der Waals surface area contributed by atoms with E-state index in [1.807, 2.05) is 22.8 Å². The summed E-state index contributed by atoms with van der Waals surface area (Å²) < 4.78 is 2.00. The summed E-state index contributed by atoms with van der Waals surface area (Å²) in [4.78, 5) is 0. The van der Waals surface area contributed by atoms with Crippen LogP contribution in [0.5, 0.6) is 0 Å². The molecule has 92 valence electrons. The van der Waals surface area contributed by atoms with Crippen LogP contribution in [0, 0.1) is 0 Å². The van der Waals surface area contributed by atoms with Gasteiger partial charge >= 0.3 is 0 Å². The summed E-state index contributed by atoms with van der Waals surface area (Å²) in [7, 11) is 0. The number of aliphatic hydroxyl groups excluding tert-OH is 1. The van der Waals surface area contributed by atoms with Crippen molar-refractivity contribution in [2.75, 3.05) is 0 Å². The second kappa shape index (κ2) is 4.89. The Bertz CT molecular complexity index is 546. The monoisotopic (exact) mass is 271 g/mol. The van der Waals surface area contributed by atoms with Crippen molar-refractivity contribution in [3.05, 3.63) is 33.9 Å². The van der Waals surface area contributed by atoms with Gasteiger partial charge in [-0.15, -0.1) is 0 Å². The molecular formula is C13H15Cl2NO. The number of fused-ring (bicyclic) bond motifs is 1. The molecule has 1 aromatic heterocycles. The Labute approximate surface area is 111 Å². The van der Waals surface area contributed by atoms with Crippen molar-refractivity contribution in [1.82, 2.24) is 4.57 Å². The van der Waals surface area contributed by atoms with Gasteiger partial charge in [-0.1, -0.05) is 36.2 Å². The van der Waals surface area contributed by atoms with E-state index in [1.165, 1.54) is 0 Å². The lowest BCUT2D eigenvalue weighted by molar-refractivity contribution is 0.200. The van der Waals surface area contributed by atoms with Gasteiger partial charge in [-0.25, -0.2) is 0 Å². The van der Waals surface area contributed by atoms with Crippen LogP contribution < -0.4 is 0 Å². The molecule has 2 rings (SSSR count). The molecule has 1 atom stereocenters. The van der Waals surface area contributed by atoms with E-state index in [9.17, 15) is 5.11 Å². The summed E-state index contributed by atoms with van der Waals surface area (Å²) in [5.74, 6) is 0. The van der Waals surface area contributed by atoms with Crippen LogP contribution in [0.1, 0.15) is 31.9 Å². The number of aliphatic hydroxyl groups is 1. The fourth-order valence-electron chi connectivity index (χ4n) is 2.16. The van der Waals surface area contributed by atoms with Crippen molar-refractivity contribution in [2.45, 2.75) is 32.9 Å². The van der Waals surface area contributed by atoms with Crippen molar-refractivity contribution in [1.29, 1.82) is 0 Å². The van der Waals surface area contributed by atoms with Crippen LogP contribution in [0.4, 0.5) is 0 Å². The molecule has 0 bridgehead atoms. The van der Waals surface area contributed by atoms with Gasteiger partial charge in [0.1, 0.15) is 5.15 Å². The highest BCUT2D eigenvalue weighted by Gasteiger charge is 2.18. The Morgan fingerprint density at radius 3 is 2.65 bits per heavy atom. The molecule has 0 aliphatic heterocycles. The molecule has 1 heterocycles. The minimum Gasteiger partial charge on any atom is -0.389 e. The van der Waals surface area contributed by atoms with Crippen LogP contribution in [0.25, 0.3) is 10.9 Å². The summed E-state index contributed by atoms with van der Waals surface area (Å²) in [5, 5.41) is 12.1. The van der Waals surface area contributed by atoms with Gasteiger partial charge in [0.2, 0.25) is 0 Å². The van der Waals surface area contributed by atoms with Gasteiger partial charge in [0.15, 0.2) is 0 Å². The predicted octanol–water partition coefficient (Wildman–Crippen LogP) is 4.41. The van der Waals surface area contributed by atoms with E-state index in [1.54, 1.807) is 6.92 Å². The van der Waals surface area contributed by atoms with Crippen molar-refractivity contribution in [3.63, 3.8) is 0 Å². The smallest absolute Gasteiger partial charge is 0.115 e. The lowest BCUT2D eigenvalue weighted by atomic mass is 10.1. The minimum absolute atomic E-state index is 0.579. The molecule has 0 amide bonds. The molecule has 0 aliphatic rings. The Morgan fingerprint density at radius 2 is 2.06 bits per heavy atom. The molecule has 0 spiro atoms. The molecule has 1 aromatic carbocycles. The number of nitrogens with zero attached hydrogens (tertiary/aromatic N) is 1. The fraction of sp³-hybridized carbons (Fsp3) is 0.385. The molecular weight excluding hydrogens is 257 g/mol. The summed E-state index contributed by atoms with van der Waals surface area (Å²) in [6.07, 6.45) is 0.402. The Balaban J connectivity index is 2.78. The molecule has 0 aliphatic carbocycles. The second-order valence-corrected chi connectivity index (χ2v) is 4.99. The Hall–Kier alpha value is -0.700. The third kappa shape index (κ3) is 2.17. The highest BCUT2D eigenvalue weighted by molar-refractivity contribution is 6.33. The standard InChI is InChI=1S/C13H15Cl2NO/c1-3-6-16-11-7-9(14)4-5-10(11)12(8(2)17)13(16)15/h4-5,7-8,17H,3,6H2,1-2H3. The minimum atomic E-state index is -0.579. The first-order chi connectivity index (χ1) is 8.06. The molecule has 4 heteroatoms. The maximum Gasteiger partial charge on any atom is 0.115 e. The van der Waals surface area contributed by atoms with Crippen LogP contribution in [0.3, 0.4) is 0 Å². The molecule has 2 aromatic rings. The van der Waals surface area contributed by atoms with Gasteiger partial charge in [-0.05, 0) is 25.5 Å². The van der Waals surface area contributed by atoms with Gasteiger partial charge in [-0.2, -0.15) is 0 Å². The average Bonchev–Trinajstić information content (AvgIpc) is 2.53. The molecule has 0 saturated carbocycles. The van der Waals surface area contributed by atoms with Gasteiger partial charge in [-0.3, -0.25) is 0 Å².